The van der Waals surface area contributed by atoms with E-state index in [2.05, 4.69) is 73.8 Å². The van der Waals surface area contributed by atoms with E-state index in [0.29, 0.717) is 5.92 Å². The normalized spacial score (nSPS) is 15.9. The van der Waals surface area contributed by atoms with Crippen LogP contribution in [0, 0.1) is 5.92 Å². The summed E-state index contributed by atoms with van der Waals surface area (Å²) in [5, 5.41) is 0.252. The molecular formula is C16H36O2Si2. The van der Waals surface area contributed by atoms with Crippen LogP contribution in [0.3, 0.4) is 0 Å². The van der Waals surface area contributed by atoms with Gasteiger partial charge in [0.05, 0.1) is 12.4 Å². The zero-order chi connectivity index (χ0) is 16.2. The summed E-state index contributed by atoms with van der Waals surface area (Å²) < 4.78 is 12.3. The number of hydrogen-bond acceptors (Lipinski definition) is 2. The Morgan fingerprint density at radius 2 is 1.50 bits per heavy atom. The van der Waals surface area contributed by atoms with Gasteiger partial charge in [-0.05, 0) is 56.2 Å². The second kappa shape index (κ2) is 7.27. The Labute approximate surface area is 129 Å². The highest BCUT2D eigenvalue weighted by atomic mass is 28.4. The minimum absolute atomic E-state index is 0.125. The molecule has 0 fully saturated rings. The third kappa shape index (κ3) is 7.65. The van der Waals surface area contributed by atoms with Crippen molar-refractivity contribution in [3.05, 3.63) is 12.3 Å². The molecular weight excluding hydrogens is 280 g/mol. The number of rotatable bonds is 7. The van der Waals surface area contributed by atoms with E-state index in [4.69, 9.17) is 8.85 Å². The van der Waals surface area contributed by atoms with Crippen molar-refractivity contribution < 1.29 is 8.85 Å². The Bertz CT molecular complexity index is 315. The van der Waals surface area contributed by atoms with Crippen molar-refractivity contribution in [2.24, 2.45) is 5.92 Å². The zero-order valence-corrected chi connectivity index (χ0v) is 17.3. The van der Waals surface area contributed by atoms with Crippen molar-refractivity contribution in [3.8, 4) is 0 Å². The lowest BCUT2D eigenvalue weighted by Gasteiger charge is -2.37. The maximum atomic E-state index is 6.29. The lowest BCUT2D eigenvalue weighted by atomic mass is 10.2. The lowest BCUT2D eigenvalue weighted by Crippen LogP contribution is -2.42. The SMILES string of the molecule is CC(C)C[Si](C)(C)OC=C[C@@H](C)O[Si](C)(C)C(C)(C)C. The molecule has 1 atom stereocenters. The first-order chi connectivity index (χ1) is 8.77. The molecule has 0 radical (unpaired) electrons. The first kappa shape index (κ1) is 19.9. The van der Waals surface area contributed by atoms with Gasteiger partial charge in [0.15, 0.2) is 8.32 Å². The molecule has 0 amide bonds. The van der Waals surface area contributed by atoms with Gasteiger partial charge in [-0.2, -0.15) is 0 Å². The van der Waals surface area contributed by atoms with Crippen LogP contribution in [0.1, 0.15) is 41.5 Å². The molecule has 0 aromatic rings. The fourth-order valence-corrected chi connectivity index (χ4v) is 5.92. The molecule has 0 saturated heterocycles. The Balaban J connectivity index is 4.41. The topological polar surface area (TPSA) is 18.5 Å². The fraction of sp³-hybridized carbons (Fsp3) is 0.875. The van der Waals surface area contributed by atoms with Crippen LogP contribution in [0.5, 0.6) is 0 Å². The molecule has 0 bridgehead atoms. The van der Waals surface area contributed by atoms with E-state index in [1.54, 1.807) is 0 Å². The van der Waals surface area contributed by atoms with E-state index in [1.165, 1.54) is 6.04 Å². The highest BCUT2D eigenvalue weighted by Crippen LogP contribution is 2.37. The summed E-state index contributed by atoms with van der Waals surface area (Å²) in [6.45, 7) is 22.5. The molecule has 0 spiro atoms. The van der Waals surface area contributed by atoms with Crippen LogP contribution >= 0.6 is 0 Å². The monoisotopic (exact) mass is 316 g/mol. The average molecular weight is 317 g/mol. The fourth-order valence-electron chi connectivity index (χ4n) is 2.05. The van der Waals surface area contributed by atoms with Gasteiger partial charge < -0.3 is 8.85 Å². The zero-order valence-electron chi connectivity index (χ0n) is 15.3. The Hall–Kier alpha value is -0.0662. The van der Waals surface area contributed by atoms with Gasteiger partial charge in [0.25, 0.3) is 0 Å². The molecule has 0 unspecified atom stereocenters. The molecule has 2 nitrogen and oxygen atoms in total. The van der Waals surface area contributed by atoms with Crippen LogP contribution in [0.4, 0.5) is 0 Å². The molecule has 120 valence electrons. The van der Waals surface area contributed by atoms with Crippen LogP contribution in [0.15, 0.2) is 12.3 Å². The Morgan fingerprint density at radius 3 is 1.90 bits per heavy atom. The van der Waals surface area contributed by atoms with Gasteiger partial charge in [-0.15, -0.1) is 0 Å². The molecule has 0 aliphatic carbocycles. The summed E-state index contributed by atoms with van der Waals surface area (Å²) in [6.07, 6.45) is 4.07. The van der Waals surface area contributed by atoms with Crippen LogP contribution in [-0.4, -0.2) is 22.7 Å². The highest BCUT2D eigenvalue weighted by molar-refractivity contribution is 6.74. The number of hydrogen-bond donors (Lipinski definition) is 0. The third-order valence-electron chi connectivity index (χ3n) is 3.92. The second-order valence-corrected chi connectivity index (χ2v) is 17.3. The highest BCUT2D eigenvalue weighted by Gasteiger charge is 2.38. The summed E-state index contributed by atoms with van der Waals surface area (Å²) in [5.74, 6) is 0.700. The molecule has 0 aromatic heterocycles. The van der Waals surface area contributed by atoms with Crippen molar-refractivity contribution >= 4 is 16.6 Å². The van der Waals surface area contributed by atoms with Gasteiger partial charge in [0.2, 0.25) is 8.32 Å². The van der Waals surface area contributed by atoms with Crippen LogP contribution < -0.4 is 0 Å². The van der Waals surface area contributed by atoms with E-state index < -0.39 is 16.6 Å². The quantitative estimate of drug-likeness (QED) is 0.437. The van der Waals surface area contributed by atoms with Crippen molar-refractivity contribution in [2.75, 3.05) is 0 Å². The van der Waals surface area contributed by atoms with Crippen molar-refractivity contribution in [2.45, 2.75) is 84.9 Å². The van der Waals surface area contributed by atoms with Crippen LogP contribution in [0.2, 0.25) is 37.3 Å². The van der Waals surface area contributed by atoms with Crippen molar-refractivity contribution in [3.63, 3.8) is 0 Å². The van der Waals surface area contributed by atoms with Gasteiger partial charge in [-0.3, -0.25) is 0 Å². The summed E-state index contributed by atoms with van der Waals surface area (Å²) in [5.41, 5.74) is 0. The molecule has 4 heteroatoms. The van der Waals surface area contributed by atoms with Crippen molar-refractivity contribution in [1.29, 1.82) is 0 Å². The standard InChI is InChI=1S/C16H36O2Si2/c1-14(2)13-19(7,8)17-12-11-15(3)18-20(9,10)16(4,5)6/h11-12,14-15H,13H2,1-10H3/t15-/m1/s1. The summed E-state index contributed by atoms with van der Waals surface area (Å²) >= 11 is 0. The predicted molar refractivity (Wildman–Crippen MR) is 95.1 cm³/mol. The molecule has 0 rings (SSSR count). The van der Waals surface area contributed by atoms with Crippen molar-refractivity contribution in [1.82, 2.24) is 0 Å². The molecule has 0 aliphatic rings. The molecule has 0 saturated carbocycles. The van der Waals surface area contributed by atoms with Gasteiger partial charge in [0.1, 0.15) is 0 Å². The predicted octanol–water partition coefficient (Wildman–Crippen LogP) is 5.79. The van der Waals surface area contributed by atoms with Gasteiger partial charge >= 0.3 is 0 Å². The molecule has 0 heterocycles. The van der Waals surface area contributed by atoms with Crippen LogP contribution in [-0.2, 0) is 8.85 Å². The largest absolute Gasteiger partial charge is 0.550 e. The van der Waals surface area contributed by atoms with E-state index in [0.717, 1.165) is 0 Å². The molecule has 20 heavy (non-hydrogen) atoms. The smallest absolute Gasteiger partial charge is 0.244 e. The first-order valence-corrected chi connectivity index (χ1v) is 13.8. The van der Waals surface area contributed by atoms with E-state index in [9.17, 15) is 0 Å². The summed E-state index contributed by atoms with van der Waals surface area (Å²) in [6, 6.07) is 1.19. The van der Waals surface area contributed by atoms with E-state index in [-0.39, 0.29) is 11.1 Å². The Kier molecular flexibility index (Phi) is 7.25. The van der Waals surface area contributed by atoms with E-state index in [1.807, 2.05) is 6.26 Å². The van der Waals surface area contributed by atoms with Gasteiger partial charge in [0, 0.05) is 0 Å². The average Bonchev–Trinajstić information content (AvgIpc) is 2.11. The molecule has 0 N–H and O–H groups in total. The third-order valence-corrected chi connectivity index (χ3v) is 11.1. The molecule has 0 aliphatic heterocycles. The summed E-state index contributed by atoms with van der Waals surface area (Å²) in [7, 11) is -3.25. The second-order valence-electron chi connectivity index (χ2n) is 8.39. The van der Waals surface area contributed by atoms with Gasteiger partial charge in [-0.1, -0.05) is 34.6 Å². The molecule has 0 aromatic carbocycles. The minimum atomic E-state index is -1.69. The Morgan fingerprint density at radius 1 is 1.00 bits per heavy atom. The first-order valence-electron chi connectivity index (χ1n) is 7.79. The van der Waals surface area contributed by atoms with E-state index >= 15 is 0 Å². The maximum absolute atomic E-state index is 6.29. The lowest BCUT2D eigenvalue weighted by molar-refractivity contribution is 0.240. The summed E-state index contributed by atoms with van der Waals surface area (Å²) in [4.78, 5) is 0. The maximum Gasteiger partial charge on any atom is 0.244 e. The van der Waals surface area contributed by atoms with Crippen LogP contribution in [0.25, 0.3) is 0 Å². The minimum Gasteiger partial charge on any atom is -0.550 e. The van der Waals surface area contributed by atoms with Gasteiger partial charge in [-0.25, -0.2) is 0 Å².